The summed E-state index contributed by atoms with van der Waals surface area (Å²) in [7, 11) is 0. The summed E-state index contributed by atoms with van der Waals surface area (Å²) in [5.74, 6) is -0.190. The van der Waals surface area contributed by atoms with Gasteiger partial charge in [0.25, 0.3) is 0 Å². The Morgan fingerprint density at radius 3 is 2.18 bits per heavy atom. The van der Waals surface area contributed by atoms with Crippen LogP contribution in [-0.4, -0.2) is 35.5 Å². The SMILES string of the molecule is O=C(OC1CCCCCCC1)[C@H]1CC(=O)N(C2CCCC2)C1. The first-order valence-corrected chi connectivity index (χ1v) is 9.24. The van der Waals surface area contributed by atoms with Gasteiger partial charge < -0.3 is 9.64 Å². The van der Waals surface area contributed by atoms with E-state index in [-0.39, 0.29) is 23.9 Å². The fraction of sp³-hybridized carbons (Fsp3) is 0.889. The maximum atomic E-state index is 12.4. The first-order chi connectivity index (χ1) is 10.7. The van der Waals surface area contributed by atoms with Crippen LogP contribution in [0.15, 0.2) is 0 Å². The van der Waals surface area contributed by atoms with Gasteiger partial charge in [-0.15, -0.1) is 0 Å². The third-order valence-corrected chi connectivity index (χ3v) is 5.59. The van der Waals surface area contributed by atoms with Crippen molar-refractivity contribution in [3.8, 4) is 0 Å². The molecule has 0 aromatic heterocycles. The van der Waals surface area contributed by atoms with Crippen molar-refractivity contribution in [2.45, 2.75) is 89.2 Å². The number of hydrogen-bond donors (Lipinski definition) is 0. The van der Waals surface area contributed by atoms with Crippen LogP contribution in [0.1, 0.15) is 77.0 Å². The number of esters is 1. The number of likely N-dealkylation sites (tertiary alicyclic amines) is 1. The first kappa shape index (κ1) is 15.8. The maximum absolute atomic E-state index is 12.4. The molecule has 1 atom stereocenters. The van der Waals surface area contributed by atoms with Gasteiger partial charge in [-0.2, -0.15) is 0 Å². The lowest BCUT2D eigenvalue weighted by Gasteiger charge is -2.24. The lowest BCUT2D eigenvalue weighted by molar-refractivity contribution is -0.154. The number of ether oxygens (including phenoxy) is 1. The van der Waals surface area contributed by atoms with Gasteiger partial charge in [0.15, 0.2) is 0 Å². The van der Waals surface area contributed by atoms with Crippen LogP contribution in [0.25, 0.3) is 0 Å². The minimum absolute atomic E-state index is 0.0865. The van der Waals surface area contributed by atoms with Crippen molar-refractivity contribution in [3.63, 3.8) is 0 Å². The average Bonchev–Trinajstić information content (AvgIpc) is 3.10. The number of carbonyl (C=O) groups excluding carboxylic acids is 2. The molecule has 3 rings (SSSR count). The zero-order valence-electron chi connectivity index (χ0n) is 13.6. The molecule has 4 nitrogen and oxygen atoms in total. The van der Waals surface area contributed by atoms with Crippen LogP contribution in [0.4, 0.5) is 0 Å². The Balaban J connectivity index is 1.50. The number of nitrogens with zero attached hydrogens (tertiary/aromatic N) is 1. The highest BCUT2D eigenvalue weighted by Crippen LogP contribution is 2.30. The van der Waals surface area contributed by atoms with Gasteiger partial charge in [-0.3, -0.25) is 9.59 Å². The van der Waals surface area contributed by atoms with E-state index in [1.165, 1.54) is 32.1 Å². The van der Waals surface area contributed by atoms with E-state index in [9.17, 15) is 9.59 Å². The highest BCUT2D eigenvalue weighted by atomic mass is 16.5. The fourth-order valence-corrected chi connectivity index (χ4v) is 4.26. The summed E-state index contributed by atoms with van der Waals surface area (Å²) in [6.07, 6.45) is 13.2. The average molecular weight is 307 g/mol. The summed E-state index contributed by atoms with van der Waals surface area (Å²) in [6.45, 7) is 0.592. The molecule has 1 heterocycles. The first-order valence-electron chi connectivity index (χ1n) is 9.24. The van der Waals surface area contributed by atoms with Crippen LogP contribution in [0.2, 0.25) is 0 Å². The van der Waals surface area contributed by atoms with E-state index in [0.29, 0.717) is 19.0 Å². The van der Waals surface area contributed by atoms with Crippen LogP contribution in [0.5, 0.6) is 0 Å². The Morgan fingerprint density at radius 2 is 1.50 bits per heavy atom. The number of rotatable bonds is 3. The summed E-state index contributed by atoms with van der Waals surface area (Å²) in [4.78, 5) is 26.6. The van der Waals surface area contributed by atoms with Crippen LogP contribution in [0, 0.1) is 5.92 Å². The van der Waals surface area contributed by atoms with E-state index in [4.69, 9.17) is 4.74 Å². The van der Waals surface area contributed by atoms with Crippen LogP contribution in [-0.2, 0) is 14.3 Å². The summed E-state index contributed by atoms with van der Waals surface area (Å²) >= 11 is 0. The number of carbonyl (C=O) groups is 2. The highest BCUT2D eigenvalue weighted by molar-refractivity contribution is 5.87. The topological polar surface area (TPSA) is 46.6 Å². The predicted molar refractivity (Wildman–Crippen MR) is 84.3 cm³/mol. The molecule has 0 unspecified atom stereocenters. The Bertz CT molecular complexity index is 395. The summed E-state index contributed by atoms with van der Waals surface area (Å²) in [6, 6.07) is 0.381. The Labute approximate surface area is 133 Å². The monoisotopic (exact) mass is 307 g/mol. The molecule has 3 aliphatic rings. The minimum Gasteiger partial charge on any atom is -0.462 e. The lowest BCUT2D eigenvalue weighted by Crippen LogP contribution is -2.35. The molecule has 124 valence electrons. The summed E-state index contributed by atoms with van der Waals surface area (Å²) < 4.78 is 5.75. The molecule has 0 radical (unpaired) electrons. The number of amides is 1. The molecule has 0 aromatic carbocycles. The molecule has 2 saturated carbocycles. The Kier molecular flexibility index (Phi) is 5.37. The maximum Gasteiger partial charge on any atom is 0.311 e. The smallest absolute Gasteiger partial charge is 0.311 e. The van der Waals surface area contributed by atoms with Gasteiger partial charge in [-0.1, -0.05) is 32.1 Å². The quantitative estimate of drug-likeness (QED) is 0.750. The van der Waals surface area contributed by atoms with Crippen molar-refractivity contribution >= 4 is 11.9 Å². The molecule has 1 saturated heterocycles. The predicted octanol–water partition coefficient (Wildman–Crippen LogP) is 3.43. The molecule has 4 heteroatoms. The molecule has 22 heavy (non-hydrogen) atoms. The van der Waals surface area contributed by atoms with Crippen LogP contribution in [0.3, 0.4) is 0 Å². The second-order valence-corrected chi connectivity index (χ2v) is 7.29. The Morgan fingerprint density at radius 1 is 0.909 bits per heavy atom. The molecular formula is C18H29NO3. The summed E-state index contributed by atoms with van der Waals surface area (Å²) in [5, 5.41) is 0. The van der Waals surface area contributed by atoms with Gasteiger partial charge in [0.1, 0.15) is 6.10 Å². The highest BCUT2D eigenvalue weighted by Gasteiger charge is 2.39. The van der Waals surface area contributed by atoms with Gasteiger partial charge in [0.2, 0.25) is 5.91 Å². The van der Waals surface area contributed by atoms with E-state index < -0.39 is 0 Å². The van der Waals surface area contributed by atoms with E-state index in [1.54, 1.807) is 0 Å². The van der Waals surface area contributed by atoms with Gasteiger partial charge in [-0.25, -0.2) is 0 Å². The Hall–Kier alpha value is -1.06. The van der Waals surface area contributed by atoms with E-state index in [0.717, 1.165) is 38.5 Å². The van der Waals surface area contributed by atoms with Crippen molar-refractivity contribution in [2.24, 2.45) is 5.92 Å². The van der Waals surface area contributed by atoms with Crippen molar-refractivity contribution in [1.82, 2.24) is 4.90 Å². The number of hydrogen-bond acceptors (Lipinski definition) is 3. The third-order valence-electron chi connectivity index (χ3n) is 5.59. The molecule has 3 fully saturated rings. The molecule has 0 spiro atoms. The molecular weight excluding hydrogens is 278 g/mol. The molecule has 1 amide bonds. The van der Waals surface area contributed by atoms with Crippen LogP contribution < -0.4 is 0 Å². The minimum atomic E-state index is -0.224. The van der Waals surface area contributed by atoms with Crippen molar-refractivity contribution < 1.29 is 14.3 Å². The second-order valence-electron chi connectivity index (χ2n) is 7.29. The fourth-order valence-electron chi connectivity index (χ4n) is 4.26. The van der Waals surface area contributed by atoms with Gasteiger partial charge in [0, 0.05) is 19.0 Å². The molecule has 0 bridgehead atoms. The summed E-state index contributed by atoms with van der Waals surface area (Å²) in [5.41, 5.74) is 0. The largest absolute Gasteiger partial charge is 0.462 e. The molecule has 0 aromatic rings. The van der Waals surface area contributed by atoms with E-state index >= 15 is 0 Å². The molecule has 0 N–H and O–H groups in total. The zero-order chi connectivity index (χ0) is 15.4. The van der Waals surface area contributed by atoms with Crippen molar-refractivity contribution in [1.29, 1.82) is 0 Å². The lowest BCUT2D eigenvalue weighted by atomic mass is 9.98. The standard InChI is InChI=1S/C18H29NO3/c20-17-12-14(13-19(17)15-8-6-7-9-15)18(21)22-16-10-4-2-1-3-5-11-16/h14-16H,1-13H2/t14-/m0/s1. The van der Waals surface area contributed by atoms with Crippen LogP contribution >= 0.6 is 0 Å². The normalized spacial score (nSPS) is 28.6. The van der Waals surface area contributed by atoms with E-state index in [1.807, 2.05) is 4.90 Å². The molecule has 1 aliphatic heterocycles. The second kappa shape index (κ2) is 7.47. The third kappa shape index (κ3) is 3.82. The van der Waals surface area contributed by atoms with E-state index in [2.05, 4.69) is 0 Å². The molecule has 2 aliphatic carbocycles. The van der Waals surface area contributed by atoms with Gasteiger partial charge in [0.05, 0.1) is 5.92 Å². The van der Waals surface area contributed by atoms with Crippen molar-refractivity contribution in [3.05, 3.63) is 0 Å². The van der Waals surface area contributed by atoms with Crippen molar-refractivity contribution in [2.75, 3.05) is 6.54 Å². The zero-order valence-corrected chi connectivity index (χ0v) is 13.6. The van der Waals surface area contributed by atoms with Gasteiger partial charge in [-0.05, 0) is 38.5 Å². The van der Waals surface area contributed by atoms with Gasteiger partial charge >= 0.3 is 5.97 Å².